The minimum atomic E-state index is -1.33. The summed E-state index contributed by atoms with van der Waals surface area (Å²) in [5.74, 6) is 0.489. The Morgan fingerprint density at radius 3 is 2.38 bits per heavy atom. The van der Waals surface area contributed by atoms with Crippen molar-refractivity contribution in [3.05, 3.63) is 23.8 Å². The Morgan fingerprint density at radius 1 is 1.19 bits per heavy atom. The molecule has 0 atom stereocenters. The number of carboxylic acid groups (broad SMARTS) is 1. The number of carbonyl (C=O) groups excluding carboxylic acids is 1. The molecule has 0 saturated heterocycles. The number of methoxy groups -OCH3 is 1. The van der Waals surface area contributed by atoms with E-state index in [9.17, 15) is 15.2 Å². The summed E-state index contributed by atoms with van der Waals surface area (Å²) < 4.78 is 11.6. The molecule has 26 heavy (non-hydrogen) atoms. The molecule has 0 N–H and O–H groups in total. The summed E-state index contributed by atoms with van der Waals surface area (Å²) >= 11 is 0. The monoisotopic (exact) mass is 349 g/mol. The molecule has 1 aromatic rings. The second-order valence-electron chi connectivity index (χ2n) is 7.19. The molecule has 0 heterocycles. The number of rotatable bonds is 5. The number of carbonyl (C=O) groups is 1. The molecule has 6 heteroatoms. The maximum absolute atomic E-state index is 11.3. The zero-order valence-electron chi connectivity index (χ0n) is 15.6. The second-order valence-corrected chi connectivity index (χ2v) is 7.19. The van der Waals surface area contributed by atoms with Gasteiger partial charge in [0.1, 0.15) is 0 Å². The molecule has 2 saturated carbocycles. The van der Waals surface area contributed by atoms with Gasteiger partial charge in [-0.05, 0) is 75.0 Å². The molecular formula is C20H24LiNO4. The summed E-state index contributed by atoms with van der Waals surface area (Å²) in [5.41, 5.74) is -0.203. The number of nitriles is 1. The zero-order chi connectivity index (χ0) is 17.9. The van der Waals surface area contributed by atoms with Crippen LogP contribution in [-0.4, -0.2) is 19.2 Å². The number of aliphatic carboxylic acids is 1. The van der Waals surface area contributed by atoms with Crippen LogP contribution in [0.1, 0.15) is 62.8 Å². The Kier molecular flexibility index (Phi) is 7.04. The average molecular weight is 349 g/mol. The summed E-state index contributed by atoms with van der Waals surface area (Å²) in [6.45, 7) is 0. The van der Waals surface area contributed by atoms with Gasteiger partial charge in [0, 0.05) is 0 Å². The van der Waals surface area contributed by atoms with Gasteiger partial charge in [-0.3, -0.25) is 0 Å². The molecule has 3 rings (SSSR count). The van der Waals surface area contributed by atoms with Gasteiger partial charge >= 0.3 is 18.9 Å². The van der Waals surface area contributed by atoms with Gasteiger partial charge < -0.3 is 19.4 Å². The van der Waals surface area contributed by atoms with E-state index in [1.807, 2.05) is 24.3 Å². The van der Waals surface area contributed by atoms with E-state index in [0.29, 0.717) is 25.7 Å². The summed E-state index contributed by atoms with van der Waals surface area (Å²) in [6, 6.07) is 7.93. The van der Waals surface area contributed by atoms with Gasteiger partial charge in [-0.2, -0.15) is 5.26 Å². The van der Waals surface area contributed by atoms with Crippen molar-refractivity contribution in [2.24, 2.45) is 5.41 Å². The summed E-state index contributed by atoms with van der Waals surface area (Å²) in [7, 11) is 1.64. The fourth-order valence-electron chi connectivity index (χ4n) is 4.03. The number of hydrogen-bond donors (Lipinski definition) is 0. The van der Waals surface area contributed by atoms with Crippen LogP contribution in [0.5, 0.6) is 11.5 Å². The van der Waals surface area contributed by atoms with Crippen molar-refractivity contribution >= 4 is 5.97 Å². The molecule has 0 amide bonds. The number of carboxylic acids is 1. The third kappa shape index (κ3) is 4.19. The first kappa shape index (κ1) is 20.7. The van der Waals surface area contributed by atoms with Gasteiger partial charge in [0.25, 0.3) is 0 Å². The van der Waals surface area contributed by atoms with Crippen molar-refractivity contribution in [2.75, 3.05) is 7.11 Å². The Hall–Kier alpha value is -1.62. The van der Waals surface area contributed by atoms with E-state index in [1.165, 1.54) is 12.8 Å². The van der Waals surface area contributed by atoms with E-state index < -0.39 is 11.4 Å². The van der Waals surface area contributed by atoms with Crippen LogP contribution in [0, 0.1) is 16.7 Å². The first-order valence-electron chi connectivity index (χ1n) is 9.05. The van der Waals surface area contributed by atoms with Crippen LogP contribution in [-0.2, 0) is 4.79 Å². The van der Waals surface area contributed by atoms with E-state index in [0.717, 1.165) is 29.9 Å². The van der Waals surface area contributed by atoms with Crippen LogP contribution in [0.15, 0.2) is 18.2 Å². The topological polar surface area (TPSA) is 82.4 Å². The summed E-state index contributed by atoms with van der Waals surface area (Å²) in [5, 5.41) is 20.5. The predicted molar refractivity (Wildman–Crippen MR) is 90.1 cm³/mol. The largest absolute Gasteiger partial charge is 1.00 e. The molecule has 1 aromatic carbocycles. The van der Waals surface area contributed by atoms with Crippen molar-refractivity contribution in [2.45, 2.75) is 63.4 Å². The standard InChI is InChI=1S/C20H25NO4.Li/c1-24-17-7-6-15(12-18(17)25-16-4-2-3-5-16)14-8-10-20(13-21,11-9-14)19(22)23;/h6-7,12,14,16H,2-5,8-11H2,1H3,(H,22,23);/q;+1/p-1/t14-,20+;. The van der Waals surface area contributed by atoms with Gasteiger partial charge in [0.2, 0.25) is 0 Å². The Bertz CT molecular complexity index is 671. The molecule has 2 aliphatic carbocycles. The SMILES string of the molecule is COc1ccc([C@H]2CC[C@@](C#N)(C(=O)[O-])CC2)cc1OC1CCCC1.[Li+]. The molecule has 134 valence electrons. The Labute approximate surface area is 166 Å². The molecule has 2 fully saturated rings. The van der Waals surface area contributed by atoms with Crippen molar-refractivity contribution < 1.29 is 38.2 Å². The smallest absolute Gasteiger partial charge is 0.548 e. The molecule has 5 nitrogen and oxygen atoms in total. The normalized spacial score (nSPS) is 25.8. The minimum Gasteiger partial charge on any atom is -0.548 e. The molecular weight excluding hydrogens is 325 g/mol. The fraction of sp³-hybridized carbons (Fsp3) is 0.600. The molecule has 0 aromatic heterocycles. The van der Waals surface area contributed by atoms with E-state index in [4.69, 9.17) is 9.47 Å². The number of hydrogen-bond acceptors (Lipinski definition) is 5. The Morgan fingerprint density at radius 2 is 1.85 bits per heavy atom. The minimum absolute atomic E-state index is 0. The van der Waals surface area contributed by atoms with Gasteiger partial charge in [-0.1, -0.05) is 6.07 Å². The van der Waals surface area contributed by atoms with Crippen molar-refractivity contribution in [3.63, 3.8) is 0 Å². The summed E-state index contributed by atoms with van der Waals surface area (Å²) in [4.78, 5) is 11.3. The molecule has 0 unspecified atom stereocenters. The number of ether oxygens (including phenoxy) is 2. The Balaban J connectivity index is 0.00000243. The van der Waals surface area contributed by atoms with Crippen LogP contribution in [0.2, 0.25) is 0 Å². The van der Waals surface area contributed by atoms with E-state index >= 15 is 0 Å². The van der Waals surface area contributed by atoms with E-state index in [1.54, 1.807) is 7.11 Å². The molecule has 0 spiro atoms. The molecule has 2 aliphatic rings. The quantitative estimate of drug-likeness (QED) is 0.696. The first-order chi connectivity index (χ1) is 12.1. The number of benzene rings is 1. The molecule has 0 aliphatic heterocycles. The van der Waals surface area contributed by atoms with E-state index in [-0.39, 0.29) is 30.9 Å². The van der Waals surface area contributed by atoms with Gasteiger partial charge in [0.05, 0.1) is 30.7 Å². The van der Waals surface area contributed by atoms with Crippen LogP contribution < -0.4 is 33.4 Å². The second kappa shape index (κ2) is 8.85. The van der Waals surface area contributed by atoms with Gasteiger partial charge in [-0.15, -0.1) is 0 Å². The van der Waals surface area contributed by atoms with Crippen LogP contribution in [0.4, 0.5) is 0 Å². The zero-order valence-corrected chi connectivity index (χ0v) is 15.6. The van der Waals surface area contributed by atoms with Gasteiger partial charge in [0.15, 0.2) is 11.5 Å². The average Bonchev–Trinajstić information content (AvgIpc) is 3.14. The maximum Gasteiger partial charge on any atom is 1.00 e. The van der Waals surface area contributed by atoms with Crippen molar-refractivity contribution in [1.82, 2.24) is 0 Å². The van der Waals surface area contributed by atoms with Crippen LogP contribution >= 0.6 is 0 Å². The first-order valence-corrected chi connectivity index (χ1v) is 9.05. The van der Waals surface area contributed by atoms with Crippen molar-refractivity contribution in [1.29, 1.82) is 5.26 Å². The predicted octanol–water partition coefficient (Wildman–Crippen LogP) is -0.0619. The molecule has 0 bridgehead atoms. The number of nitrogens with zero attached hydrogens (tertiary/aromatic N) is 1. The summed E-state index contributed by atoms with van der Waals surface area (Å²) in [6.07, 6.45) is 6.81. The third-order valence-corrected chi connectivity index (χ3v) is 5.70. The van der Waals surface area contributed by atoms with E-state index in [2.05, 4.69) is 0 Å². The maximum atomic E-state index is 11.3. The molecule has 0 radical (unpaired) electrons. The third-order valence-electron chi connectivity index (χ3n) is 5.70. The fourth-order valence-corrected chi connectivity index (χ4v) is 4.03. The van der Waals surface area contributed by atoms with Crippen molar-refractivity contribution in [3.8, 4) is 17.6 Å². The van der Waals surface area contributed by atoms with Gasteiger partial charge in [-0.25, -0.2) is 0 Å². The van der Waals surface area contributed by atoms with Crippen LogP contribution in [0.3, 0.4) is 0 Å². The van der Waals surface area contributed by atoms with Crippen LogP contribution in [0.25, 0.3) is 0 Å².